The SMILES string of the molecule is CCC(CC)(CC(=O)OC)NC(=O)C[C@@H]1CCC[C@H]1N. The van der Waals surface area contributed by atoms with Gasteiger partial charge in [-0.2, -0.15) is 0 Å². The monoisotopic (exact) mass is 284 g/mol. The fraction of sp³-hybridized carbons (Fsp3) is 0.867. The van der Waals surface area contributed by atoms with Gasteiger partial charge in [0.2, 0.25) is 5.91 Å². The number of hydrogen-bond donors (Lipinski definition) is 2. The van der Waals surface area contributed by atoms with Crippen molar-refractivity contribution >= 4 is 11.9 Å². The maximum Gasteiger partial charge on any atom is 0.307 e. The number of methoxy groups -OCH3 is 1. The van der Waals surface area contributed by atoms with E-state index >= 15 is 0 Å². The second-order valence-corrected chi connectivity index (χ2v) is 5.85. The number of amides is 1. The molecule has 116 valence electrons. The van der Waals surface area contributed by atoms with E-state index in [4.69, 9.17) is 10.5 Å². The van der Waals surface area contributed by atoms with Crippen molar-refractivity contribution in [2.24, 2.45) is 11.7 Å². The van der Waals surface area contributed by atoms with E-state index in [1.54, 1.807) is 0 Å². The Morgan fingerprint density at radius 3 is 2.40 bits per heavy atom. The maximum atomic E-state index is 12.2. The second-order valence-electron chi connectivity index (χ2n) is 5.85. The Morgan fingerprint density at radius 2 is 1.95 bits per heavy atom. The van der Waals surface area contributed by atoms with E-state index in [9.17, 15) is 9.59 Å². The molecule has 2 atom stereocenters. The minimum Gasteiger partial charge on any atom is -0.469 e. The Balaban J connectivity index is 2.60. The molecule has 1 aliphatic carbocycles. The molecule has 0 bridgehead atoms. The van der Waals surface area contributed by atoms with Crippen molar-refractivity contribution in [1.82, 2.24) is 5.32 Å². The van der Waals surface area contributed by atoms with Crippen LogP contribution in [-0.2, 0) is 14.3 Å². The summed E-state index contributed by atoms with van der Waals surface area (Å²) >= 11 is 0. The van der Waals surface area contributed by atoms with Gasteiger partial charge in [0.25, 0.3) is 0 Å². The van der Waals surface area contributed by atoms with Crippen LogP contribution in [0.15, 0.2) is 0 Å². The highest BCUT2D eigenvalue weighted by Crippen LogP contribution is 2.28. The Hall–Kier alpha value is -1.10. The van der Waals surface area contributed by atoms with Crippen LogP contribution in [-0.4, -0.2) is 30.6 Å². The highest BCUT2D eigenvalue weighted by atomic mass is 16.5. The van der Waals surface area contributed by atoms with Crippen LogP contribution in [0.1, 0.15) is 58.8 Å². The largest absolute Gasteiger partial charge is 0.469 e. The zero-order chi connectivity index (χ0) is 15.2. The predicted molar refractivity (Wildman–Crippen MR) is 78.0 cm³/mol. The minimum absolute atomic E-state index is 0.0000435. The number of hydrogen-bond acceptors (Lipinski definition) is 4. The molecule has 5 nitrogen and oxygen atoms in total. The third kappa shape index (κ3) is 4.47. The molecule has 0 heterocycles. The van der Waals surface area contributed by atoms with Gasteiger partial charge < -0.3 is 15.8 Å². The van der Waals surface area contributed by atoms with Crippen LogP contribution in [0.4, 0.5) is 0 Å². The molecule has 1 aliphatic rings. The van der Waals surface area contributed by atoms with Gasteiger partial charge in [0.05, 0.1) is 13.5 Å². The molecule has 0 radical (unpaired) electrons. The molecule has 0 unspecified atom stereocenters. The molecule has 0 aliphatic heterocycles. The van der Waals surface area contributed by atoms with Gasteiger partial charge in [-0.25, -0.2) is 0 Å². The van der Waals surface area contributed by atoms with Gasteiger partial charge in [-0.15, -0.1) is 0 Å². The van der Waals surface area contributed by atoms with Gasteiger partial charge in [0.15, 0.2) is 0 Å². The summed E-state index contributed by atoms with van der Waals surface area (Å²) in [7, 11) is 1.37. The lowest BCUT2D eigenvalue weighted by atomic mass is 9.88. The zero-order valence-corrected chi connectivity index (χ0v) is 12.9. The van der Waals surface area contributed by atoms with E-state index in [2.05, 4.69) is 5.32 Å². The van der Waals surface area contributed by atoms with E-state index in [1.165, 1.54) is 7.11 Å². The van der Waals surface area contributed by atoms with Crippen LogP contribution in [0.25, 0.3) is 0 Å². The van der Waals surface area contributed by atoms with Crippen molar-refractivity contribution in [1.29, 1.82) is 0 Å². The lowest BCUT2D eigenvalue weighted by Crippen LogP contribution is -2.50. The molecule has 0 saturated heterocycles. The maximum absolute atomic E-state index is 12.2. The first-order valence-electron chi connectivity index (χ1n) is 7.59. The van der Waals surface area contributed by atoms with Gasteiger partial charge in [0, 0.05) is 18.0 Å². The lowest BCUT2D eigenvalue weighted by Gasteiger charge is -2.32. The molecule has 5 heteroatoms. The molecular formula is C15H28N2O3. The van der Waals surface area contributed by atoms with Crippen LogP contribution in [0.2, 0.25) is 0 Å². The summed E-state index contributed by atoms with van der Waals surface area (Å²) in [5.41, 5.74) is 5.51. The fourth-order valence-electron chi connectivity index (χ4n) is 2.97. The number of rotatable bonds is 7. The van der Waals surface area contributed by atoms with E-state index < -0.39 is 5.54 Å². The van der Waals surface area contributed by atoms with Gasteiger partial charge >= 0.3 is 5.97 Å². The summed E-state index contributed by atoms with van der Waals surface area (Å²) in [4.78, 5) is 23.8. The summed E-state index contributed by atoms with van der Waals surface area (Å²) < 4.78 is 4.73. The smallest absolute Gasteiger partial charge is 0.307 e. The summed E-state index contributed by atoms with van der Waals surface area (Å²) in [5, 5.41) is 3.05. The normalized spacial score (nSPS) is 22.6. The molecule has 0 aromatic rings. The van der Waals surface area contributed by atoms with Crippen LogP contribution in [0.3, 0.4) is 0 Å². The zero-order valence-electron chi connectivity index (χ0n) is 12.9. The van der Waals surface area contributed by atoms with Gasteiger partial charge in [-0.3, -0.25) is 9.59 Å². The van der Waals surface area contributed by atoms with E-state index in [0.717, 1.165) is 19.3 Å². The van der Waals surface area contributed by atoms with Crippen molar-refractivity contribution < 1.29 is 14.3 Å². The molecule has 1 fully saturated rings. The average molecular weight is 284 g/mol. The highest BCUT2D eigenvalue weighted by Gasteiger charge is 2.33. The third-order valence-electron chi connectivity index (χ3n) is 4.63. The van der Waals surface area contributed by atoms with Gasteiger partial charge in [-0.1, -0.05) is 20.3 Å². The predicted octanol–water partition coefficient (Wildman–Crippen LogP) is 1.74. The number of carbonyl (C=O) groups excluding carboxylic acids is 2. The summed E-state index contributed by atoms with van der Waals surface area (Å²) in [5.74, 6) is -0.00828. The van der Waals surface area contributed by atoms with Crippen molar-refractivity contribution in [3.63, 3.8) is 0 Å². The summed E-state index contributed by atoms with van der Waals surface area (Å²) in [6.07, 6.45) is 5.24. The second kappa shape index (κ2) is 7.62. The van der Waals surface area contributed by atoms with Crippen LogP contribution < -0.4 is 11.1 Å². The van der Waals surface area contributed by atoms with Crippen LogP contribution in [0, 0.1) is 5.92 Å². The first kappa shape index (κ1) is 17.0. The van der Waals surface area contributed by atoms with Crippen molar-refractivity contribution in [3.8, 4) is 0 Å². The Bertz CT molecular complexity index is 340. The Labute approximate surface area is 121 Å². The van der Waals surface area contributed by atoms with E-state index in [0.29, 0.717) is 19.3 Å². The van der Waals surface area contributed by atoms with Gasteiger partial charge in [0.1, 0.15) is 0 Å². The molecule has 20 heavy (non-hydrogen) atoms. The number of ether oxygens (including phenoxy) is 1. The van der Waals surface area contributed by atoms with Gasteiger partial charge in [-0.05, 0) is 31.6 Å². The topological polar surface area (TPSA) is 81.4 Å². The van der Waals surface area contributed by atoms with Crippen molar-refractivity contribution in [2.75, 3.05) is 7.11 Å². The molecule has 1 rings (SSSR count). The number of esters is 1. The van der Waals surface area contributed by atoms with Crippen molar-refractivity contribution in [2.45, 2.75) is 70.4 Å². The molecule has 0 aromatic carbocycles. The first-order chi connectivity index (χ1) is 9.46. The fourth-order valence-corrected chi connectivity index (χ4v) is 2.97. The standard InChI is InChI=1S/C15H28N2O3/c1-4-15(5-2,10-14(19)20-3)17-13(18)9-11-7-6-8-12(11)16/h11-12H,4-10,16H2,1-3H3,(H,17,18)/t11-,12+/m0/s1. The molecule has 3 N–H and O–H groups in total. The highest BCUT2D eigenvalue weighted by molar-refractivity contribution is 5.79. The van der Waals surface area contributed by atoms with Crippen LogP contribution >= 0.6 is 0 Å². The number of nitrogens with two attached hydrogens (primary N) is 1. The van der Waals surface area contributed by atoms with E-state index in [-0.39, 0.29) is 30.3 Å². The molecular weight excluding hydrogens is 256 g/mol. The molecule has 0 spiro atoms. The quantitative estimate of drug-likeness (QED) is 0.698. The minimum atomic E-state index is -0.493. The molecule has 1 amide bonds. The van der Waals surface area contributed by atoms with E-state index in [1.807, 2.05) is 13.8 Å². The lowest BCUT2D eigenvalue weighted by molar-refractivity contribution is -0.142. The summed E-state index contributed by atoms with van der Waals surface area (Å²) in [6, 6.07) is 0.138. The third-order valence-corrected chi connectivity index (χ3v) is 4.63. The first-order valence-corrected chi connectivity index (χ1v) is 7.59. The Kier molecular flexibility index (Phi) is 6.46. The van der Waals surface area contributed by atoms with Crippen LogP contribution in [0.5, 0.6) is 0 Å². The number of carbonyl (C=O) groups is 2. The molecule has 1 saturated carbocycles. The Morgan fingerprint density at radius 1 is 1.30 bits per heavy atom. The van der Waals surface area contributed by atoms with Crippen molar-refractivity contribution in [3.05, 3.63) is 0 Å². The number of nitrogens with one attached hydrogen (secondary N) is 1. The summed E-state index contributed by atoms with van der Waals surface area (Å²) in [6.45, 7) is 3.96. The molecule has 0 aromatic heterocycles. The average Bonchev–Trinajstić information content (AvgIpc) is 2.83.